The highest BCUT2D eigenvalue weighted by atomic mass is 35.5. The van der Waals surface area contributed by atoms with Crippen LogP contribution in [0.3, 0.4) is 0 Å². The number of nitro benzene ring substituents is 1. The van der Waals surface area contributed by atoms with Gasteiger partial charge in [0.25, 0.3) is 5.69 Å². The van der Waals surface area contributed by atoms with Crippen molar-refractivity contribution in [2.45, 2.75) is 6.18 Å². The molecule has 4 nitrogen and oxygen atoms in total. The molecule has 0 aliphatic rings. The van der Waals surface area contributed by atoms with Crippen LogP contribution in [0.25, 0.3) is 21.0 Å². The molecule has 3 rings (SSSR count). The van der Waals surface area contributed by atoms with Gasteiger partial charge in [0.2, 0.25) is 0 Å². The summed E-state index contributed by atoms with van der Waals surface area (Å²) in [4.78, 5) is 15.2. The number of non-ortho nitro benzene ring substituents is 1. The van der Waals surface area contributed by atoms with Crippen LogP contribution in [-0.4, -0.2) is 9.91 Å². The largest absolute Gasteiger partial charge is 0.416 e. The molecule has 0 bridgehead atoms. The molecule has 0 spiro atoms. The molecule has 0 atom stereocenters. The molecule has 1 heterocycles. The summed E-state index contributed by atoms with van der Waals surface area (Å²) in [6, 6.07) is 8.72. The number of rotatable bonds is 3. The van der Waals surface area contributed by atoms with Gasteiger partial charge in [-0.1, -0.05) is 23.7 Å². The molecule has 0 radical (unpaired) electrons. The van der Waals surface area contributed by atoms with Gasteiger partial charge in [-0.15, -0.1) is 11.3 Å². The third kappa shape index (κ3) is 3.64. The highest BCUT2D eigenvalue weighted by Gasteiger charge is 2.30. The van der Waals surface area contributed by atoms with Gasteiger partial charge in [-0.25, -0.2) is 4.98 Å². The average Bonchev–Trinajstić information content (AvgIpc) is 3.04. The second kappa shape index (κ2) is 6.45. The van der Waals surface area contributed by atoms with Crippen molar-refractivity contribution in [2.24, 2.45) is 0 Å². The summed E-state index contributed by atoms with van der Waals surface area (Å²) in [5.41, 5.74) is 0.116. The molecule has 1 aromatic heterocycles. The van der Waals surface area contributed by atoms with Crippen molar-refractivity contribution in [1.82, 2.24) is 4.98 Å². The van der Waals surface area contributed by atoms with E-state index in [1.807, 2.05) is 0 Å². The summed E-state index contributed by atoms with van der Waals surface area (Å²) in [5, 5.41) is 11.6. The van der Waals surface area contributed by atoms with Crippen LogP contribution in [0.4, 0.5) is 18.9 Å². The molecule has 0 N–H and O–H groups in total. The first-order valence-electron chi connectivity index (χ1n) is 6.83. The smallest absolute Gasteiger partial charge is 0.258 e. The van der Waals surface area contributed by atoms with Crippen LogP contribution in [0.15, 0.2) is 48.7 Å². The van der Waals surface area contributed by atoms with Crippen molar-refractivity contribution in [3.63, 3.8) is 0 Å². The second-order valence-electron chi connectivity index (χ2n) is 5.03. The molecule has 0 aliphatic heterocycles. The van der Waals surface area contributed by atoms with Crippen molar-refractivity contribution < 1.29 is 18.1 Å². The highest BCUT2D eigenvalue weighted by Crippen LogP contribution is 2.38. The maximum atomic E-state index is 12.6. The Kier molecular flexibility index (Phi) is 4.49. The topological polar surface area (TPSA) is 56.0 Å². The van der Waals surface area contributed by atoms with Crippen molar-refractivity contribution in [2.75, 3.05) is 0 Å². The van der Waals surface area contributed by atoms with Crippen LogP contribution >= 0.6 is 22.9 Å². The molecule has 3 aromatic rings. The van der Waals surface area contributed by atoms with E-state index in [4.69, 9.17) is 11.6 Å². The predicted octanol–water partition coefficient (Wildman–Crippen LogP) is 6.06. The van der Waals surface area contributed by atoms with Gasteiger partial charge in [0.05, 0.1) is 20.4 Å². The Labute approximate surface area is 148 Å². The predicted molar refractivity (Wildman–Crippen MR) is 89.7 cm³/mol. The number of alkyl halides is 3. The summed E-state index contributed by atoms with van der Waals surface area (Å²) in [7, 11) is 0. The summed E-state index contributed by atoms with van der Waals surface area (Å²) < 4.78 is 37.8. The van der Waals surface area contributed by atoms with Gasteiger partial charge >= 0.3 is 6.18 Å². The number of hydrogen-bond donors (Lipinski definition) is 0. The summed E-state index contributed by atoms with van der Waals surface area (Å²) >= 11 is 7.27. The normalized spacial score (nSPS) is 11.5. The van der Waals surface area contributed by atoms with E-state index in [-0.39, 0.29) is 5.69 Å². The van der Waals surface area contributed by atoms with Crippen LogP contribution in [0.2, 0.25) is 5.02 Å². The average molecular weight is 385 g/mol. The van der Waals surface area contributed by atoms with Crippen molar-refractivity contribution in [3.8, 4) is 21.0 Å². The maximum Gasteiger partial charge on any atom is 0.416 e. The van der Waals surface area contributed by atoms with Gasteiger partial charge in [0, 0.05) is 23.9 Å². The third-order valence-corrected chi connectivity index (χ3v) is 4.80. The number of thiazole rings is 1. The van der Waals surface area contributed by atoms with E-state index in [0.717, 1.165) is 12.1 Å². The zero-order valence-corrected chi connectivity index (χ0v) is 13.8. The van der Waals surface area contributed by atoms with Gasteiger partial charge in [-0.05, 0) is 23.8 Å². The van der Waals surface area contributed by atoms with Crippen LogP contribution in [0, 0.1) is 10.1 Å². The molecule has 0 unspecified atom stereocenters. The van der Waals surface area contributed by atoms with Gasteiger partial charge in [-0.3, -0.25) is 10.1 Å². The molecule has 0 amide bonds. The molecule has 0 saturated carbocycles. The molecule has 0 aliphatic carbocycles. The van der Waals surface area contributed by atoms with E-state index in [0.29, 0.717) is 26.0 Å². The number of nitro groups is 1. The fraction of sp³-hybridized carbons (Fsp3) is 0.0625. The highest BCUT2D eigenvalue weighted by molar-refractivity contribution is 7.18. The fourth-order valence-electron chi connectivity index (χ4n) is 2.15. The third-order valence-electron chi connectivity index (χ3n) is 3.39. The minimum Gasteiger partial charge on any atom is -0.258 e. The van der Waals surface area contributed by atoms with Crippen LogP contribution in [-0.2, 0) is 6.18 Å². The number of nitrogens with zero attached hydrogens (tertiary/aromatic N) is 2. The lowest BCUT2D eigenvalue weighted by atomic mass is 10.1. The summed E-state index contributed by atoms with van der Waals surface area (Å²) in [6.45, 7) is 0. The Bertz CT molecular complexity index is 939. The Morgan fingerprint density at radius 1 is 1.12 bits per heavy atom. The van der Waals surface area contributed by atoms with Gasteiger partial charge in [-0.2, -0.15) is 13.2 Å². The molecular weight excluding hydrogens is 377 g/mol. The Hall–Kier alpha value is -2.45. The standard InChI is InChI=1S/C16H8ClF3N2O2S/c17-13-6-5-11(22(23)24)7-12(13)15-21-8-14(25-15)9-1-3-10(4-2-9)16(18,19)20/h1-8H. The number of halogens is 4. The molecular formula is C16H8ClF3N2O2S. The van der Waals surface area contributed by atoms with Crippen molar-refractivity contribution in [1.29, 1.82) is 0 Å². The lowest BCUT2D eigenvalue weighted by Gasteiger charge is -2.06. The van der Waals surface area contributed by atoms with E-state index in [1.54, 1.807) is 0 Å². The minimum atomic E-state index is -4.39. The monoisotopic (exact) mass is 384 g/mol. The zero-order chi connectivity index (χ0) is 18.2. The fourth-order valence-corrected chi connectivity index (χ4v) is 3.36. The number of benzene rings is 2. The molecule has 0 fully saturated rings. The van der Waals surface area contributed by atoms with Gasteiger partial charge < -0.3 is 0 Å². The van der Waals surface area contributed by atoms with E-state index in [9.17, 15) is 23.3 Å². The van der Waals surface area contributed by atoms with E-state index in [2.05, 4.69) is 4.98 Å². The van der Waals surface area contributed by atoms with Gasteiger partial charge in [0.1, 0.15) is 5.01 Å². The van der Waals surface area contributed by atoms with Crippen LogP contribution in [0.5, 0.6) is 0 Å². The lowest BCUT2D eigenvalue weighted by Crippen LogP contribution is -2.03. The van der Waals surface area contributed by atoms with Crippen LogP contribution < -0.4 is 0 Å². The van der Waals surface area contributed by atoms with E-state index >= 15 is 0 Å². The first-order chi connectivity index (χ1) is 11.8. The van der Waals surface area contributed by atoms with E-state index < -0.39 is 16.7 Å². The summed E-state index contributed by atoms with van der Waals surface area (Å²) in [5.74, 6) is 0. The lowest BCUT2D eigenvalue weighted by molar-refractivity contribution is -0.384. The molecule has 9 heteroatoms. The van der Waals surface area contributed by atoms with E-state index in [1.165, 1.54) is 47.9 Å². The second-order valence-corrected chi connectivity index (χ2v) is 6.46. The Morgan fingerprint density at radius 3 is 2.40 bits per heavy atom. The Morgan fingerprint density at radius 2 is 1.80 bits per heavy atom. The quantitative estimate of drug-likeness (QED) is 0.407. The number of aromatic nitrogens is 1. The van der Waals surface area contributed by atoms with Gasteiger partial charge in [0.15, 0.2) is 0 Å². The molecule has 25 heavy (non-hydrogen) atoms. The SMILES string of the molecule is O=[N+]([O-])c1ccc(Cl)c(-c2ncc(-c3ccc(C(F)(F)F)cc3)s2)c1. The first kappa shape index (κ1) is 17.4. The van der Waals surface area contributed by atoms with Crippen molar-refractivity contribution in [3.05, 3.63) is 69.4 Å². The molecule has 128 valence electrons. The number of hydrogen-bond acceptors (Lipinski definition) is 4. The Balaban J connectivity index is 1.96. The molecule has 0 saturated heterocycles. The maximum absolute atomic E-state index is 12.6. The minimum absolute atomic E-state index is 0.120. The zero-order valence-electron chi connectivity index (χ0n) is 12.2. The van der Waals surface area contributed by atoms with Crippen molar-refractivity contribution >= 4 is 28.6 Å². The summed E-state index contributed by atoms with van der Waals surface area (Å²) in [6.07, 6.45) is -2.90. The van der Waals surface area contributed by atoms with Crippen LogP contribution in [0.1, 0.15) is 5.56 Å². The molecule has 2 aromatic carbocycles. The first-order valence-corrected chi connectivity index (χ1v) is 8.03.